The Kier molecular flexibility index (Phi) is 5.65. The van der Waals surface area contributed by atoms with Crippen molar-refractivity contribution in [3.8, 4) is 0 Å². The van der Waals surface area contributed by atoms with Crippen LogP contribution in [-0.2, 0) is 0 Å². The maximum absolute atomic E-state index is 4.38. The third-order valence-electron chi connectivity index (χ3n) is 2.93. The van der Waals surface area contributed by atoms with Gasteiger partial charge in [0.05, 0.1) is 0 Å². The smallest absolute Gasteiger partial charge is 0.223 e. The molecule has 0 aromatic carbocycles. The highest BCUT2D eigenvalue weighted by atomic mass is 35.5. The molecule has 1 aliphatic heterocycles. The molecule has 4 nitrogen and oxygen atoms in total. The summed E-state index contributed by atoms with van der Waals surface area (Å²) in [4.78, 5) is 8.75. The van der Waals surface area contributed by atoms with Crippen molar-refractivity contribution in [2.75, 3.05) is 25.0 Å². The first-order chi connectivity index (χ1) is 7.74. The largest absolute Gasteiger partial charge is 0.354 e. The lowest BCUT2D eigenvalue weighted by Gasteiger charge is -2.22. The van der Waals surface area contributed by atoms with E-state index in [0.29, 0.717) is 5.92 Å². The summed E-state index contributed by atoms with van der Waals surface area (Å²) in [6.45, 7) is 7.24. The van der Waals surface area contributed by atoms with Gasteiger partial charge in [0.2, 0.25) is 5.95 Å². The Morgan fingerprint density at radius 3 is 2.65 bits per heavy atom. The minimum Gasteiger partial charge on any atom is -0.354 e. The van der Waals surface area contributed by atoms with Gasteiger partial charge in [0.1, 0.15) is 0 Å². The molecule has 2 heterocycles. The molecule has 1 aromatic rings. The van der Waals surface area contributed by atoms with Crippen molar-refractivity contribution in [2.24, 2.45) is 5.92 Å². The van der Waals surface area contributed by atoms with Crippen LogP contribution in [0.3, 0.4) is 0 Å². The van der Waals surface area contributed by atoms with Crippen molar-refractivity contribution in [1.29, 1.82) is 0 Å². The van der Waals surface area contributed by atoms with Crippen molar-refractivity contribution in [3.63, 3.8) is 0 Å². The summed E-state index contributed by atoms with van der Waals surface area (Å²) in [5.41, 5.74) is 2.05. The highest BCUT2D eigenvalue weighted by molar-refractivity contribution is 5.85. The molecule has 0 radical (unpaired) electrons. The monoisotopic (exact) mass is 256 g/mol. The normalized spacial score (nSPS) is 19.5. The van der Waals surface area contributed by atoms with Gasteiger partial charge in [-0.25, -0.2) is 9.97 Å². The topological polar surface area (TPSA) is 49.8 Å². The second-order valence-electron chi connectivity index (χ2n) is 4.57. The van der Waals surface area contributed by atoms with Crippen molar-refractivity contribution in [2.45, 2.75) is 26.7 Å². The molecule has 2 N–H and O–H groups in total. The molecule has 5 heteroatoms. The number of aryl methyl sites for hydroxylation is 2. The molecular weight excluding hydrogens is 236 g/mol. The number of aromatic nitrogens is 2. The van der Waals surface area contributed by atoms with E-state index in [-0.39, 0.29) is 12.4 Å². The van der Waals surface area contributed by atoms with E-state index in [1.165, 1.54) is 12.8 Å². The Morgan fingerprint density at radius 1 is 1.35 bits per heavy atom. The highest BCUT2D eigenvalue weighted by Gasteiger charge is 2.12. The number of hydrogen-bond donors (Lipinski definition) is 2. The van der Waals surface area contributed by atoms with E-state index in [4.69, 9.17) is 0 Å². The zero-order valence-corrected chi connectivity index (χ0v) is 11.3. The van der Waals surface area contributed by atoms with Gasteiger partial charge in [0.15, 0.2) is 0 Å². The number of hydrogen-bond acceptors (Lipinski definition) is 4. The molecule has 0 amide bonds. The lowest BCUT2D eigenvalue weighted by atomic mass is 10.00. The van der Waals surface area contributed by atoms with Gasteiger partial charge in [0.25, 0.3) is 0 Å². The average molecular weight is 257 g/mol. The molecule has 17 heavy (non-hydrogen) atoms. The summed E-state index contributed by atoms with van der Waals surface area (Å²) in [5, 5.41) is 6.75. The van der Waals surface area contributed by atoms with Crippen LogP contribution in [0.5, 0.6) is 0 Å². The molecule has 1 fully saturated rings. The van der Waals surface area contributed by atoms with Crippen molar-refractivity contribution >= 4 is 18.4 Å². The molecule has 1 aromatic heterocycles. The van der Waals surface area contributed by atoms with Crippen molar-refractivity contribution in [3.05, 3.63) is 17.5 Å². The SMILES string of the molecule is Cc1cc(C)nc(NCC2CCCNC2)n1.Cl. The van der Waals surface area contributed by atoms with Crippen LogP contribution in [-0.4, -0.2) is 29.6 Å². The molecule has 1 aliphatic rings. The lowest BCUT2D eigenvalue weighted by molar-refractivity contribution is 0.392. The lowest BCUT2D eigenvalue weighted by Crippen LogP contribution is -2.33. The van der Waals surface area contributed by atoms with Crippen LogP contribution in [0, 0.1) is 19.8 Å². The van der Waals surface area contributed by atoms with E-state index in [2.05, 4.69) is 20.6 Å². The van der Waals surface area contributed by atoms with E-state index >= 15 is 0 Å². The third kappa shape index (κ3) is 4.48. The van der Waals surface area contributed by atoms with Crippen LogP contribution < -0.4 is 10.6 Å². The standard InChI is InChI=1S/C12H20N4.ClH/c1-9-6-10(2)16-12(15-9)14-8-11-4-3-5-13-7-11;/h6,11,13H,3-5,7-8H2,1-2H3,(H,14,15,16);1H. The van der Waals surface area contributed by atoms with Crippen molar-refractivity contribution in [1.82, 2.24) is 15.3 Å². The zero-order valence-electron chi connectivity index (χ0n) is 10.5. The second-order valence-corrected chi connectivity index (χ2v) is 4.57. The van der Waals surface area contributed by atoms with Gasteiger partial charge in [-0.3, -0.25) is 0 Å². The summed E-state index contributed by atoms with van der Waals surface area (Å²) in [7, 11) is 0. The van der Waals surface area contributed by atoms with Gasteiger partial charge in [-0.1, -0.05) is 0 Å². The molecule has 1 unspecified atom stereocenters. The first-order valence-corrected chi connectivity index (χ1v) is 6.01. The number of halogens is 1. The summed E-state index contributed by atoms with van der Waals surface area (Å²) in [5.74, 6) is 1.47. The molecule has 0 spiro atoms. The Bertz CT molecular complexity index is 330. The molecule has 1 atom stereocenters. The Labute approximate surface area is 109 Å². The molecular formula is C12H21ClN4. The maximum Gasteiger partial charge on any atom is 0.223 e. The molecule has 1 saturated heterocycles. The number of anilines is 1. The predicted octanol–water partition coefficient (Wildman–Crippen LogP) is 1.93. The number of nitrogens with one attached hydrogen (secondary N) is 2. The third-order valence-corrected chi connectivity index (χ3v) is 2.93. The number of nitrogens with zero attached hydrogens (tertiary/aromatic N) is 2. The van der Waals surface area contributed by atoms with Crippen LogP contribution in [0.2, 0.25) is 0 Å². The van der Waals surface area contributed by atoms with Crippen LogP contribution in [0.15, 0.2) is 6.07 Å². The molecule has 0 saturated carbocycles. The molecule has 2 rings (SSSR count). The summed E-state index contributed by atoms with van der Waals surface area (Å²) in [6, 6.07) is 1.99. The van der Waals surface area contributed by atoms with E-state index in [1.54, 1.807) is 0 Å². The van der Waals surface area contributed by atoms with Gasteiger partial charge in [-0.15, -0.1) is 12.4 Å². The van der Waals surface area contributed by atoms with E-state index in [9.17, 15) is 0 Å². The number of rotatable bonds is 3. The van der Waals surface area contributed by atoms with Gasteiger partial charge < -0.3 is 10.6 Å². The van der Waals surface area contributed by atoms with Gasteiger partial charge >= 0.3 is 0 Å². The summed E-state index contributed by atoms with van der Waals surface area (Å²) >= 11 is 0. The fourth-order valence-corrected chi connectivity index (χ4v) is 2.14. The minimum atomic E-state index is 0. The Morgan fingerprint density at radius 2 is 2.06 bits per heavy atom. The first kappa shape index (κ1) is 14.2. The van der Waals surface area contributed by atoms with E-state index in [0.717, 1.165) is 37.0 Å². The predicted molar refractivity (Wildman–Crippen MR) is 72.8 cm³/mol. The molecule has 0 bridgehead atoms. The zero-order chi connectivity index (χ0) is 11.4. The van der Waals surface area contributed by atoms with Gasteiger partial charge in [-0.05, 0) is 51.8 Å². The van der Waals surface area contributed by atoms with E-state index < -0.39 is 0 Å². The average Bonchev–Trinajstić information content (AvgIpc) is 2.27. The quantitative estimate of drug-likeness (QED) is 0.868. The first-order valence-electron chi connectivity index (χ1n) is 6.01. The van der Waals surface area contributed by atoms with Crippen LogP contribution in [0.25, 0.3) is 0 Å². The fourth-order valence-electron chi connectivity index (χ4n) is 2.14. The highest BCUT2D eigenvalue weighted by Crippen LogP contribution is 2.11. The molecule has 0 aliphatic carbocycles. The van der Waals surface area contributed by atoms with Crippen LogP contribution >= 0.6 is 12.4 Å². The number of piperidine rings is 1. The summed E-state index contributed by atoms with van der Waals surface area (Å²) in [6.07, 6.45) is 2.57. The van der Waals surface area contributed by atoms with Crippen LogP contribution in [0.1, 0.15) is 24.2 Å². The van der Waals surface area contributed by atoms with Gasteiger partial charge in [-0.2, -0.15) is 0 Å². The van der Waals surface area contributed by atoms with E-state index in [1.807, 2.05) is 19.9 Å². The molecule has 96 valence electrons. The fraction of sp³-hybridized carbons (Fsp3) is 0.667. The van der Waals surface area contributed by atoms with Crippen LogP contribution in [0.4, 0.5) is 5.95 Å². The Balaban J connectivity index is 0.00000144. The maximum atomic E-state index is 4.38. The Hall–Kier alpha value is -0.870. The van der Waals surface area contributed by atoms with Gasteiger partial charge in [0, 0.05) is 17.9 Å². The minimum absolute atomic E-state index is 0. The van der Waals surface area contributed by atoms with Crippen molar-refractivity contribution < 1.29 is 0 Å². The second kappa shape index (κ2) is 6.77. The summed E-state index contributed by atoms with van der Waals surface area (Å²) < 4.78 is 0.